The summed E-state index contributed by atoms with van der Waals surface area (Å²) in [5.41, 5.74) is 1.23. The molecule has 0 aromatic carbocycles. The molecule has 1 unspecified atom stereocenters. The Kier molecular flexibility index (Phi) is 5.82. The van der Waals surface area contributed by atoms with Gasteiger partial charge >= 0.3 is 0 Å². The molecule has 0 saturated carbocycles. The molecule has 5 heteroatoms. The van der Waals surface area contributed by atoms with Gasteiger partial charge in [-0.3, -0.25) is 9.58 Å². The fourth-order valence-corrected chi connectivity index (χ4v) is 2.67. The van der Waals surface area contributed by atoms with Gasteiger partial charge in [-0.15, -0.1) is 0 Å². The molecule has 19 heavy (non-hydrogen) atoms. The highest BCUT2D eigenvalue weighted by atomic mass is 16.3. The SMILES string of the molecule is CCN(Cc1cnn(CCO)c1)CC1CCCCN1. The highest BCUT2D eigenvalue weighted by molar-refractivity contribution is 5.03. The lowest BCUT2D eigenvalue weighted by molar-refractivity contribution is 0.226. The Hall–Kier alpha value is -0.910. The van der Waals surface area contributed by atoms with Gasteiger partial charge in [0.1, 0.15) is 0 Å². The highest BCUT2D eigenvalue weighted by Crippen LogP contribution is 2.10. The maximum atomic E-state index is 8.89. The number of rotatable bonds is 7. The molecule has 108 valence electrons. The van der Waals surface area contributed by atoms with E-state index >= 15 is 0 Å². The zero-order chi connectivity index (χ0) is 13.5. The van der Waals surface area contributed by atoms with Gasteiger partial charge in [0, 0.05) is 30.9 Å². The molecule has 0 aliphatic carbocycles. The summed E-state index contributed by atoms with van der Waals surface area (Å²) in [5.74, 6) is 0. The minimum Gasteiger partial charge on any atom is -0.394 e. The quantitative estimate of drug-likeness (QED) is 0.768. The van der Waals surface area contributed by atoms with Crippen molar-refractivity contribution in [1.82, 2.24) is 20.0 Å². The second kappa shape index (κ2) is 7.62. The van der Waals surface area contributed by atoms with Crippen molar-refractivity contribution < 1.29 is 5.11 Å². The van der Waals surface area contributed by atoms with Crippen LogP contribution in [0, 0.1) is 0 Å². The van der Waals surface area contributed by atoms with Crippen molar-refractivity contribution in [1.29, 1.82) is 0 Å². The van der Waals surface area contributed by atoms with E-state index in [4.69, 9.17) is 5.11 Å². The van der Waals surface area contributed by atoms with Gasteiger partial charge in [-0.25, -0.2) is 0 Å². The van der Waals surface area contributed by atoms with Crippen LogP contribution in [-0.2, 0) is 13.1 Å². The average molecular weight is 266 g/mol. The molecule has 0 amide bonds. The lowest BCUT2D eigenvalue weighted by Gasteiger charge is -2.29. The Labute approximate surface area is 115 Å². The third kappa shape index (κ3) is 4.60. The predicted octanol–water partition coefficient (Wildman–Crippen LogP) is 0.839. The Bertz CT molecular complexity index is 360. The maximum absolute atomic E-state index is 8.89. The van der Waals surface area contributed by atoms with Crippen LogP contribution in [0.5, 0.6) is 0 Å². The first kappa shape index (κ1) is 14.5. The highest BCUT2D eigenvalue weighted by Gasteiger charge is 2.16. The first-order chi connectivity index (χ1) is 9.31. The van der Waals surface area contributed by atoms with Crippen LogP contribution in [0.1, 0.15) is 31.7 Å². The van der Waals surface area contributed by atoms with Crippen molar-refractivity contribution >= 4 is 0 Å². The summed E-state index contributed by atoms with van der Waals surface area (Å²) in [4.78, 5) is 2.46. The Balaban J connectivity index is 1.83. The zero-order valence-electron chi connectivity index (χ0n) is 11.9. The molecular weight excluding hydrogens is 240 g/mol. The topological polar surface area (TPSA) is 53.3 Å². The monoisotopic (exact) mass is 266 g/mol. The van der Waals surface area contributed by atoms with E-state index in [2.05, 4.69) is 22.2 Å². The normalized spacial score (nSPS) is 20.1. The number of piperidine rings is 1. The number of aromatic nitrogens is 2. The van der Waals surface area contributed by atoms with E-state index in [9.17, 15) is 0 Å². The lowest BCUT2D eigenvalue weighted by Crippen LogP contribution is -2.43. The third-order valence-electron chi connectivity index (χ3n) is 3.76. The summed E-state index contributed by atoms with van der Waals surface area (Å²) >= 11 is 0. The lowest BCUT2D eigenvalue weighted by atomic mass is 10.0. The van der Waals surface area contributed by atoms with E-state index < -0.39 is 0 Å². The van der Waals surface area contributed by atoms with Gasteiger partial charge in [0.15, 0.2) is 0 Å². The molecule has 1 fully saturated rings. The van der Waals surface area contributed by atoms with Crippen LogP contribution in [-0.4, -0.2) is 52.1 Å². The molecule has 1 saturated heterocycles. The summed E-state index contributed by atoms with van der Waals surface area (Å²) < 4.78 is 1.81. The third-order valence-corrected chi connectivity index (χ3v) is 3.76. The van der Waals surface area contributed by atoms with E-state index in [1.54, 1.807) is 0 Å². The van der Waals surface area contributed by atoms with Crippen LogP contribution >= 0.6 is 0 Å². The summed E-state index contributed by atoms with van der Waals surface area (Å²) in [6, 6.07) is 0.640. The van der Waals surface area contributed by atoms with Gasteiger partial charge in [-0.05, 0) is 25.9 Å². The first-order valence-electron chi connectivity index (χ1n) is 7.39. The Morgan fingerprint density at radius 2 is 2.42 bits per heavy atom. The Morgan fingerprint density at radius 1 is 1.53 bits per heavy atom. The molecule has 1 aromatic rings. The largest absolute Gasteiger partial charge is 0.394 e. The van der Waals surface area contributed by atoms with Gasteiger partial charge in [-0.1, -0.05) is 13.3 Å². The van der Waals surface area contributed by atoms with E-state index in [0.717, 1.165) is 26.2 Å². The summed E-state index contributed by atoms with van der Waals surface area (Å²) in [6.45, 7) is 7.21. The average Bonchev–Trinajstić information content (AvgIpc) is 2.87. The van der Waals surface area contributed by atoms with Crippen molar-refractivity contribution in [2.24, 2.45) is 0 Å². The van der Waals surface area contributed by atoms with E-state index in [1.807, 2.05) is 17.1 Å². The van der Waals surface area contributed by atoms with Crippen LogP contribution in [0.3, 0.4) is 0 Å². The molecule has 1 aliphatic heterocycles. The standard InChI is InChI=1S/C14H26N4O/c1-2-17(12-14-5-3-4-6-15-14)10-13-9-16-18(11-13)7-8-19/h9,11,14-15,19H,2-8,10,12H2,1H3. The fraction of sp³-hybridized carbons (Fsp3) is 0.786. The van der Waals surface area contributed by atoms with Crippen LogP contribution in [0.25, 0.3) is 0 Å². The number of hydrogen-bond donors (Lipinski definition) is 2. The van der Waals surface area contributed by atoms with Crippen LogP contribution in [0.2, 0.25) is 0 Å². The number of aliphatic hydroxyl groups is 1. The van der Waals surface area contributed by atoms with Crippen molar-refractivity contribution in [2.75, 3.05) is 26.2 Å². The molecule has 0 radical (unpaired) electrons. The van der Waals surface area contributed by atoms with Crippen molar-refractivity contribution in [3.8, 4) is 0 Å². The number of nitrogens with one attached hydrogen (secondary N) is 1. The molecule has 1 aliphatic rings. The van der Waals surface area contributed by atoms with Gasteiger partial charge < -0.3 is 10.4 Å². The first-order valence-corrected chi connectivity index (χ1v) is 7.39. The Morgan fingerprint density at radius 3 is 3.11 bits per heavy atom. The fourth-order valence-electron chi connectivity index (χ4n) is 2.67. The van der Waals surface area contributed by atoms with Gasteiger partial charge in [0.05, 0.1) is 19.3 Å². The summed E-state index contributed by atoms with van der Waals surface area (Å²) in [6.07, 6.45) is 7.90. The van der Waals surface area contributed by atoms with Gasteiger partial charge in [0.2, 0.25) is 0 Å². The van der Waals surface area contributed by atoms with Gasteiger partial charge in [-0.2, -0.15) is 5.10 Å². The number of nitrogens with zero attached hydrogens (tertiary/aromatic N) is 3. The molecule has 0 bridgehead atoms. The molecule has 1 atom stereocenters. The summed E-state index contributed by atoms with van der Waals surface area (Å²) in [5, 5.41) is 16.7. The molecule has 2 rings (SSSR count). The van der Waals surface area contributed by atoms with Gasteiger partial charge in [0.25, 0.3) is 0 Å². The second-order valence-corrected chi connectivity index (χ2v) is 5.31. The van der Waals surface area contributed by atoms with Crippen LogP contribution in [0.15, 0.2) is 12.4 Å². The second-order valence-electron chi connectivity index (χ2n) is 5.31. The minimum absolute atomic E-state index is 0.143. The zero-order valence-corrected chi connectivity index (χ0v) is 11.9. The number of likely N-dealkylation sites (N-methyl/N-ethyl adjacent to an activating group) is 1. The molecule has 2 N–H and O–H groups in total. The van der Waals surface area contributed by atoms with E-state index in [0.29, 0.717) is 12.6 Å². The predicted molar refractivity (Wildman–Crippen MR) is 75.9 cm³/mol. The molecular formula is C14H26N4O. The van der Waals surface area contributed by atoms with Crippen LogP contribution in [0.4, 0.5) is 0 Å². The maximum Gasteiger partial charge on any atom is 0.0640 e. The van der Waals surface area contributed by atoms with Crippen molar-refractivity contribution in [2.45, 2.75) is 45.3 Å². The van der Waals surface area contributed by atoms with E-state index in [-0.39, 0.29) is 6.61 Å². The number of aliphatic hydroxyl groups excluding tert-OH is 1. The van der Waals surface area contributed by atoms with Crippen molar-refractivity contribution in [3.05, 3.63) is 18.0 Å². The smallest absolute Gasteiger partial charge is 0.0640 e. The number of hydrogen-bond acceptors (Lipinski definition) is 4. The summed E-state index contributed by atoms with van der Waals surface area (Å²) in [7, 11) is 0. The van der Waals surface area contributed by atoms with Crippen molar-refractivity contribution in [3.63, 3.8) is 0 Å². The minimum atomic E-state index is 0.143. The van der Waals surface area contributed by atoms with Crippen LogP contribution < -0.4 is 5.32 Å². The molecule has 1 aromatic heterocycles. The molecule has 0 spiro atoms. The molecule has 5 nitrogen and oxygen atoms in total. The van der Waals surface area contributed by atoms with E-state index in [1.165, 1.54) is 24.8 Å². The molecule has 2 heterocycles.